The van der Waals surface area contributed by atoms with Crippen molar-refractivity contribution in [3.8, 4) is 0 Å². The molecule has 0 aliphatic heterocycles. The van der Waals surface area contributed by atoms with Crippen molar-refractivity contribution in [1.29, 1.82) is 0 Å². The molecule has 0 aliphatic carbocycles. The smallest absolute Gasteiger partial charge is 0.121 e. The summed E-state index contributed by atoms with van der Waals surface area (Å²) in [6.45, 7) is 8.48. The Kier molecular flexibility index (Phi) is 27.5. The third-order valence-corrected chi connectivity index (χ3v) is 11.3. The predicted molar refractivity (Wildman–Crippen MR) is 205 cm³/mol. The van der Waals surface area contributed by atoms with Crippen LogP contribution in [-0.4, -0.2) is 25.1 Å². The van der Waals surface area contributed by atoms with Gasteiger partial charge in [0.1, 0.15) is 5.54 Å². The number of benzene rings is 1. The van der Waals surface area contributed by atoms with Gasteiger partial charge in [-0.15, -0.1) is 0 Å². The molecule has 0 heterocycles. The lowest BCUT2D eigenvalue weighted by Crippen LogP contribution is -2.56. The predicted octanol–water partition coefficient (Wildman–Crippen LogP) is 15.1. The number of rotatable bonds is 34. The van der Waals surface area contributed by atoms with E-state index in [1.807, 2.05) is 0 Å². The zero-order chi connectivity index (χ0) is 32.7. The molecule has 0 saturated heterocycles. The van der Waals surface area contributed by atoms with Gasteiger partial charge in [0, 0.05) is 12.0 Å². The van der Waals surface area contributed by atoms with Gasteiger partial charge in [-0.25, -0.2) is 0 Å². The highest BCUT2D eigenvalue weighted by Crippen LogP contribution is 2.38. The largest absolute Gasteiger partial charge is 0.320 e. The van der Waals surface area contributed by atoms with Crippen molar-refractivity contribution >= 4 is 0 Å². The zero-order valence-corrected chi connectivity index (χ0v) is 32.0. The molecule has 1 rings (SSSR count). The minimum Gasteiger partial charge on any atom is -0.320 e. The summed E-state index contributed by atoms with van der Waals surface area (Å²) in [7, 11) is 5.03. The highest BCUT2D eigenvalue weighted by atomic mass is 15.4. The Hall–Kier alpha value is -0.820. The number of quaternary nitrogens is 1. The van der Waals surface area contributed by atoms with Gasteiger partial charge in [-0.3, -0.25) is 0 Å². The van der Waals surface area contributed by atoms with Crippen LogP contribution >= 0.6 is 0 Å². The summed E-state index contributed by atoms with van der Waals surface area (Å²) in [4.78, 5) is 0. The van der Waals surface area contributed by atoms with Crippen LogP contribution in [0, 0.1) is 0 Å². The Balaban J connectivity index is 2.19. The molecule has 1 atom stereocenters. The van der Waals surface area contributed by atoms with E-state index in [0.29, 0.717) is 0 Å². The lowest BCUT2D eigenvalue weighted by molar-refractivity contribution is -0.948. The maximum Gasteiger partial charge on any atom is 0.121 e. The fourth-order valence-corrected chi connectivity index (χ4v) is 7.56. The van der Waals surface area contributed by atoms with Crippen molar-refractivity contribution in [3.63, 3.8) is 0 Å². The molecule has 1 heteroatoms. The third kappa shape index (κ3) is 21.6. The van der Waals surface area contributed by atoms with E-state index in [9.17, 15) is 0 Å². The summed E-state index contributed by atoms with van der Waals surface area (Å²) < 4.78 is 1.12. The fourth-order valence-electron chi connectivity index (χ4n) is 7.56. The van der Waals surface area contributed by atoms with Gasteiger partial charge in [-0.2, -0.15) is 0 Å². The Morgan fingerprint density at radius 3 is 1.02 bits per heavy atom. The first-order chi connectivity index (χ1) is 22.0. The van der Waals surface area contributed by atoms with Crippen LogP contribution in [0.25, 0.3) is 0 Å². The second-order valence-corrected chi connectivity index (χ2v) is 15.7. The van der Waals surface area contributed by atoms with Gasteiger partial charge in [-0.1, -0.05) is 218 Å². The lowest BCUT2D eigenvalue weighted by Gasteiger charge is -2.47. The van der Waals surface area contributed by atoms with E-state index in [2.05, 4.69) is 65.2 Å². The van der Waals surface area contributed by atoms with Crippen LogP contribution < -0.4 is 0 Å². The Bertz CT molecular complexity index is 724. The van der Waals surface area contributed by atoms with E-state index in [-0.39, 0.29) is 5.54 Å². The average Bonchev–Trinajstić information content (AvgIpc) is 3.05. The number of hydrogen-bond donors (Lipinski definition) is 0. The van der Waals surface area contributed by atoms with Gasteiger partial charge in [0.25, 0.3) is 0 Å². The minimum absolute atomic E-state index is 0.202. The first kappa shape index (κ1) is 42.2. The Morgan fingerprint density at radius 1 is 0.400 bits per heavy atom. The first-order valence-electron chi connectivity index (χ1n) is 20.9. The third-order valence-electron chi connectivity index (χ3n) is 11.3. The molecule has 45 heavy (non-hydrogen) atoms. The van der Waals surface area contributed by atoms with Gasteiger partial charge in [0.2, 0.25) is 0 Å². The summed E-state index contributed by atoms with van der Waals surface area (Å²) in [6.07, 6.45) is 44.5. The molecule has 1 unspecified atom stereocenters. The molecule has 0 N–H and O–H groups in total. The van der Waals surface area contributed by atoms with Crippen molar-refractivity contribution in [1.82, 2.24) is 0 Å². The molecule has 0 spiro atoms. The normalized spacial score (nSPS) is 13.4. The molecular formula is C44H84N+. The van der Waals surface area contributed by atoms with Crippen molar-refractivity contribution in [2.45, 2.75) is 225 Å². The first-order valence-corrected chi connectivity index (χ1v) is 20.9. The topological polar surface area (TPSA) is 0 Å². The van der Waals surface area contributed by atoms with Crippen molar-refractivity contribution in [2.24, 2.45) is 0 Å². The number of unbranched alkanes of at least 4 members (excludes halogenated alkanes) is 28. The van der Waals surface area contributed by atoms with Gasteiger partial charge in [0.05, 0.1) is 20.6 Å². The molecule has 0 radical (unpaired) electrons. The maximum atomic E-state index is 2.57. The molecule has 1 nitrogen and oxygen atoms in total. The highest BCUT2D eigenvalue weighted by molar-refractivity contribution is 5.21. The van der Waals surface area contributed by atoms with E-state index in [4.69, 9.17) is 0 Å². The molecule has 0 amide bonds. The maximum absolute atomic E-state index is 2.57. The molecule has 0 bridgehead atoms. The summed E-state index contributed by atoms with van der Waals surface area (Å²) in [5.41, 5.74) is 1.75. The van der Waals surface area contributed by atoms with Gasteiger partial charge < -0.3 is 4.48 Å². The second kappa shape index (κ2) is 29.3. The number of nitrogens with zero attached hydrogens (tertiary/aromatic N) is 1. The van der Waals surface area contributed by atoms with Crippen LogP contribution in [-0.2, 0) is 5.54 Å². The zero-order valence-electron chi connectivity index (χ0n) is 32.0. The highest BCUT2D eigenvalue weighted by Gasteiger charge is 2.41. The average molecular weight is 627 g/mol. The van der Waals surface area contributed by atoms with Crippen molar-refractivity contribution in [2.75, 3.05) is 20.6 Å². The molecule has 0 aliphatic rings. The molecule has 264 valence electrons. The Morgan fingerprint density at radius 2 is 0.689 bits per heavy atom. The molecule has 1 aromatic carbocycles. The number of hydrogen-bond acceptors (Lipinski definition) is 0. The van der Waals surface area contributed by atoms with E-state index >= 15 is 0 Å². The van der Waals surface area contributed by atoms with Gasteiger partial charge in [-0.05, 0) is 26.2 Å². The summed E-state index contributed by atoms with van der Waals surface area (Å²) in [5, 5.41) is 0. The summed E-state index contributed by atoms with van der Waals surface area (Å²) >= 11 is 0. The van der Waals surface area contributed by atoms with Crippen LogP contribution in [0.15, 0.2) is 30.3 Å². The monoisotopic (exact) mass is 627 g/mol. The SMILES string of the molecule is CCCCCCCCCCCCCCCCCCC(C)(c1ccccc1)[N+](C)(C)CCCCCCCCCCCCCCCC. The summed E-state index contributed by atoms with van der Waals surface area (Å²) in [6, 6.07) is 11.5. The standard InChI is InChI=1S/C44H84N/c1-6-8-10-12-14-16-18-20-22-23-24-26-28-30-32-37-41-44(3,43-39-35-34-36-40-43)45(4,5)42-38-33-31-29-27-25-21-19-17-15-13-11-9-7-2/h34-36,39-40H,6-33,37-38,41-42H2,1-5H3/q+1. The van der Waals surface area contributed by atoms with Crippen molar-refractivity contribution < 1.29 is 4.48 Å². The second-order valence-electron chi connectivity index (χ2n) is 15.7. The molecular weight excluding hydrogens is 542 g/mol. The van der Waals surface area contributed by atoms with Crippen LogP contribution in [0.5, 0.6) is 0 Å². The minimum atomic E-state index is 0.202. The van der Waals surface area contributed by atoms with Crippen LogP contribution in [0.4, 0.5) is 0 Å². The quantitative estimate of drug-likeness (QED) is 0.0527. The van der Waals surface area contributed by atoms with Crippen LogP contribution in [0.1, 0.15) is 225 Å². The van der Waals surface area contributed by atoms with E-state index in [0.717, 1.165) is 4.48 Å². The van der Waals surface area contributed by atoms with E-state index in [1.165, 1.54) is 206 Å². The molecule has 0 saturated carbocycles. The molecule has 0 aromatic heterocycles. The van der Waals surface area contributed by atoms with Gasteiger partial charge >= 0.3 is 0 Å². The Labute approximate surface area is 285 Å². The van der Waals surface area contributed by atoms with Gasteiger partial charge in [0.15, 0.2) is 0 Å². The molecule has 0 fully saturated rings. The lowest BCUT2D eigenvalue weighted by atomic mass is 9.82. The van der Waals surface area contributed by atoms with E-state index < -0.39 is 0 Å². The van der Waals surface area contributed by atoms with Crippen molar-refractivity contribution in [3.05, 3.63) is 35.9 Å². The van der Waals surface area contributed by atoms with Crippen LogP contribution in [0.3, 0.4) is 0 Å². The van der Waals surface area contributed by atoms with E-state index in [1.54, 1.807) is 5.56 Å². The molecule has 1 aromatic rings. The summed E-state index contributed by atoms with van der Waals surface area (Å²) in [5.74, 6) is 0. The van der Waals surface area contributed by atoms with Crippen LogP contribution in [0.2, 0.25) is 0 Å². The fraction of sp³-hybridized carbons (Fsp3) is 0.864.